The van der Waals surface area contributed by atoms with E-state index < -0.39 is 0 Å². The lowest BCUT2D eigenvalue weighted by molar-refractivity contribution is -0.860. The first kappa shape index (κ1) is 10.0. The molecule has 1 aliphatic rings. The van der Waals surface area contributed by atoms with Gasteiger partial charge in [-0.15, -0.1) is 0 Å². The van der Waals surface area contributed by atoms with E-state index in [4.69, 9.17) is 0 Å². The Hall–Kier alpha value is -0.0800. The third-order valence-corrected chi connectivity index (χ3v) is 2.80. The Bertz CT molecular complexity index is 115. The van der Waals surface area contributed by atoms with E-state index in [0.717, 1.165) is 5.92 Å². The highest BCUT2D eigenvalue weighted by molar-refractivity contribution is 4.63. The predicted molar refractivity (Wildman–Crippen MR) is 51.9 cm³/mol. The first-order valence-corrected chi connectivity index (χ1v) is 5.00. The first-order valence-electron chi connectivity index (χ1n) is 5.00. The molecule has 2 heteroatoms. The standard InChI is InChI=1S/C10H22N2/c1-11(2)7-4-10-5-8-12(3)9-6-10/h10,12H,3-9H2,1-2H3. The zero-order valence-electron chi connectivity index (χ0n) is 8.47. The monoisotopic (exact) mass is 170 g/mol. The summed E-state index contributed by atoms with van der Waals surface area (Å²) < 4.78 is 0. The van der Waals surface area contributed by atoms with Gasteiger partial charge in [-0.05, 0) is 45.8 Å². The minimum atomic E-state index is 0.970. The molecule has 0 aromatic carbocycles. The van der Waals surface area contributed by atoms with Crippen molar-refractivity contribution in [1.82, 2.24) is 4.90 Å². The molecular weight excluding hydrogens is 148 g/mol. The number of nitrogens with one attached hydrogen (secondary N) is 1. The Kier molecular flexibility index (Phi) is 4.02. The van der Waals surface area contributed by atoms with Gasteiger partial charge in [-0.3, -0.25) is 0 Å². The van der Waals surface area contributed by atoms with Crippen LogP contribution in [0.1, 0.15) is 19.3 Å². The number of hydrogen-bond acceptors (Lipinski definition) is 1. The largest absolute Gasteiger partial charge is 0.468 e. The highest BCUT2D eigenvalue weighted by Gasteiger charge is 2.16. The summed E-state index contributed by atoms with van der Waals surface area (Å²) in [4.78, 5) is 3.75. The number of quaternary nitrogens is 1. The molecule has 0 saturated carbocycles. The fourth-order valence-electron chi connectivity index (χ4n) is 1.82. The number of piperidine rings is 1. The van der Waals surface area contributed by atoms with Gasteiger partial charge in [-0.1, -0.05) is 0 Å². The molecule has 12 heavy (non-hydrogen) atoms. The van der Waals surface area contributed by atoms with E-state index in [-0.39, 0.29) is 0 Å². The lowest BCUT2D eigenvalue weighted by Gasteiger charge is -2.31. The van der Waals surface area contributed by atoms with Gasteiger partial charge in [0.15, 0.2) is 0 Å². The van der Waals surface area contributed by atoms with Gasteiger partial charge in [0.1, 0.15) is 0 Å². The van der Waals surface area contributed by atoms with Crippen molar-refractivity contribution in [2.24, 2.45) is 5.92 Å². The van der Waals surface area contributed by atoms with E-state index in [1.807, 2.05) is 0 Å². The zero-order chi connectivity index (χ0) is 8.97. The predicted octanol–water partition coefficient (Wildman–Crippen LogP) is 0.0246. The van der Waals surface area contributed by atoms with Crippen molar-refractivity contribution in [3.05, 3.63) is 7.05 Å². The molecule has 1 heterocycles. The maximum Gasteiger partial charge on any atom is 0.0533 e. The number of likely N-dealkylation sites (tertiary alicyclic amines) is 1. The topological polar surface area (TPSA) is 7.68 Å². The Morgan fingerprint density at radius 2 is 1.92 bits per heavy atom. The number of rotatable bonds is 3. The second-order valence-corrected chi connectivity index (χ2v) is 4.29. The molecular formula is C10H22N2. The van der Waals surface area contributed by atoms with Crippen LogP contribution in [0.4, 0.5) is 0 Å². The van der Waals surface area contributed by atoms with Crippen molar-refractivity contribution in [1.29, 1.82) is 0 Å². The lowest BCUT2D eigenvalue weighted by Crippen LogP contribution is -3.08. The third kappa shape index (κ3) is 3.55. The van der Waals surface area contributed by atoms with E-state index in [1.165, 1.54) is 43.8 Å². The van der Waals surface area contributed by atoms with Crippen LogP contribution in [0.2, 0.25) is 0 Å². The summed E-state index contributed by atoms with van der Waals surface area (Å²) in [7, 11) is 8.34. The van der Waals surface area contributed by atoms with Crippen LogP contribution in [0.5, 0.6) is 0 Å². The lowest BCUT2D eigenvalue weighted by atomic mass is 9.94. The SMILES string of the molecule is [CH2-][NH+]1CCC(CCN(C)C)CC1. The number of nitrogens with zero attached hydrogens (tertiary/aromatic N) is 1. The molecule has 0 spiro atoms. The van der Waals surface area contributed by atoms with Gasteiger partial charge in [0.2, 0.25) is 0 Å². The average Bonchev–Trinajstić information content (AvgIpc) is 2.03. The van der Waals surface area contributed by atoms with Crippen molar-refractivity contribution in [2.75, 3.05) is 33.7 Å². The third-order valence-electron chi connectivity index (χ3n) is 2.80. The molecule has 0 unspecified atom stereocenters. The molecule has 0 aromatic rings. The van der Waals surface area contributed by atoms with Gasteiger partial charge < -0.3 is 9.80 Å². The van der Waals surface area contributed by atoms with Crippen LogP contribution in [0.3, 0.4) is 0 Å². The summed E-state index contributed by atoms with van der Waals surface area (Å²) in [5, 5.41) is 0. The second-order valence-electron chi connectivity index (χ2n) is 4.29. The smallest absolute Gasteiger partial charge is 0.0533 e. The van der Waals surface area contributed by atoms with Gasteiger partial charge in [0.25, 0.3) is 0 Å². The highest BCUT2D eigenvalue weighted by Crippen LogP contribution is 2.13. The van der Waals surface area contributed by atoms with Gasteiger partial charge in [-0.2, -0.15) is 7.05 Å². The van der Waals surface area contributed by atoms with E-state index in [2.05, 4.69) is 26.0 Å². The maximum atomic E-state index is 4.03. The molecule has 0 atom stereocenters. The molecule has 0 radical (unpaired) electrons. The molecule has 0 aliphatic carbocycles. The van der Waals surface area contributed by atoms with Crippen LogP contribution in [0, 0.1) is 13.0 Å². The van der Waals surface area contributed by atoms with Crippen molar-refractivity contribution in [2.45, 2.75) is 19.3 Å². The van der Waals surface area contributed by atoms with E-state index in [1.54, 1.807) is 0 Å². The van der Waals surface area contributed by atoms with Crippen LogP contribution in [0.25, 0.3) is 0 Å². The zero-order valence-corrected chi connectivity index (χ0v) is 8.47. The molecule has 2 nitrogen and oxygen atoms in total. The minimum absolute atomic E-state index is 0.970. The van der Waals surface area contributed by atoms with E-state index >= 15 is 0 Å². The second kappa shape index (κ2) is 4.83. The van der Waals surface area contributed by atoms with Crippen LogP contribution < -0.4 is 4.90 Å². The van der Waals surface area contributed by atoms with Gasteiger partial charge in [-0.25, -0.2) is 0 Å². The van der Waals surface area contributed by atoms with Crippen LogP contribution >= 0.6 is 0 Å². The van der Waals surface area contributed by atoms with Gasteiger partial charge >= 0.3 is 0 Å². The highest BCUT2D eigenvalue weighted by atomic mass is 15.1. The Balaban J connectivity index is 2.09. The fraction of sp³-hybridized carbons (Fsp3) is 0.900. The molecule has 1 aliphatic heterocycles. The Morgan fingerprint density at radius 3 is 2.42 bits per heavy atom. The summed E-state index contributed by atoms with van der Waals surface area (Å²) >= 11 is 0. The normalized spacial score (nSPS) is 31.0. The molecule has 1 saturated heterocycles. The van der Waals surface area contributed by atoms with Crippen LogP contribution in [0.15, 0.2) is 0 Å². The van der Waals surface area contributed by atoms with Crippen molar-refractivity contribution in [3.8, 4) is 0 Å². The van der Waals surface area contributed by atoms with Crippen LogP contribution in [-0.2, 0) is 0 Å². The first-order chi connectivity index (χ1) is 5.68. The van der Waals surface area contributed by atoms with Crippen molar-refractivity contribution in [3.63, 3.8) is 0 Å². The number of hydrogen-bond donors (Lipinski definition) is 1. The summed E-state index contributed by atoms with van der Waals surface area (Å²) in [6.45, 7) is 3.80. The molecule has 0 aromatic heterocycles. The molecule has 0 amide bonds. The Morgan fingerprint density at radius 1 is 1.33 bits per heavy atom. The summed E-state index contributed by atoms with van der Waals surface area (Å²) in [5.74, 6) is 0.970. The van der Waals surface area contributed by atoms with Crippen molar-refractivity contribution < 1.29 is 4.90 Å². The Labute approximate surface area is 76.5 Å². The summed E-state index contributed by atoms with van der Waals surface area (Å²) in [5.41, 5.74) is 0. The molecule has 72 valence electrons. The molecule has 1 N–H and O–H groups in total. The van der Waals surface area contributed by atoms with Gasteiger partial charge in [0, 0.05) is 0 Å². The fourth-order valence-corrected chi connectivity index (χ4v) is 1.82. The molecule has 0 bridgehead atoms. The molecule has 1 fully saturated rings. The van der Waals surface area contributed by atoms with E-state index in [9.17, 15) is 0 Å². The maximum absolute atomic E-state index is 4.03. The van der Waals surface area contributed by atoms with E-state index in [0.29, 0.717) is 0 Å². The average molecular weight is 170 g/mol. The summed E-state index contributed by atoms with van der Waals surface area (Å²) in [6, 6.07) is 0. The van der Waals surface area contributed by atoms with Crippen molar-refractivity contribution >= 4 is 0 Å². The minimum Gasteiger partial charge on any atom is -0.468 e. The van der Waals surface area contributed by atoms with Crippen LogP contribution in [-0.4, -0.2) is 38.6 Å². The summed E-state index contributed by atoms with van der Waals surface area (Å²) in [6.07, 6.45) is 4.14. The molecule has 1 rings (SSSR count). The quantitative estimate of drug-likeness (QED) is 0.587. The van der Waals surface area contributed by atoms with Gasteiger partial charge in [0.05, 0.1) is 13.1 Å².